The Balaban J connectivity index is 2.91. The van der Waals surface area contributed by atoms with Crippen LogP contribution in [0.1, 0.15) is 0 Å². The molecular formula is C7H23NO4Si4. The molecule has 16 heavy (non-hydrogen) atoms. The van der Waals surface area contributed by atoms with E-state index in [2.05, 4.69) is 4.98 Å². The highest BCUT2D eigenvalue weighted by atomic mass is 28.5. The van der Waals surface area contributed by atoms with Crippen molar-refractivity contribution in [1.82, 2.24) is 4.98 Å². The third-order valence-electron chi connectivity index (χ3n) is 2.23. The van der Waals surface area contributed by atoms with Crippen molar-refractivity contribution in [1.29, 1.82) is 0 Å². The molecule has 1 aliphatic heterocycles. The van der Waals surface area contributed by atoms with E-state index < -0.39 is 35.1 Å². The summed E-state index contributed by atoms with van der Waals surface area (Å²) in [6.45, 7) is 12.2. The lowest BCUT2D eigenvalue weighted by Gasteiger charge is -2.43. The number of hydrogen-bond acceptors (Lipinski definition) is 5. The summed E-state index contributed by atoms with van der Waals surface area (Å²) in [5, 5.41) is 0. The van der Waals surface area contributed by atoms with Crippen molar-refractivity contribution < 1.29 is 16.5 Å². The molecule has 0 unspecified atom stereocenters. The van der Waals surface area contributed by atoms with Gasteiger partial charge in [-0.05, 0) is 46.3 Å². The minimum atomic E-state index is -2.35. The predicted molar refractivity (Wildman–Crippen MR) is 73.0 cm³/mol. The van der Waals surface area contributed by atoms with E-state index >= 15 is 0 Å². The first-order valence-electron chi connectivity index (χ1n) is 5.52. The fraction of sp³-hybridized carbons (Fsp3) is 1.00. The predicted octanol–water partition coefficient (Wildman–Crippen LogP) is 1.11. The number of rotatable bonds is 1. The Labute approximate surface area is 103 Å². The normalized spacial score (nSPS) is 38.8. The van der Waals surface area contributed by atoms with Crippen LogP contribution in [0.5, 0.6) is 0 Å². The minimum Gasteiger partial charge on any atom is -0.418 e. The van der Waals surface area contributed by atoms with Gasteiger partial charge >= 0.3 is 35.1 Å². The van der Waals surface area contributed by atoms with Gasteiger partial charge in [0.1, 0.15) is 0 Å². The Morgan fingerprint density at radius 2 is 1.25 bits per heavy atom. The van der Waals surface area contributed by atoms with Crippen molar-refractivity contribution in [3.05, 3.63) is 0 Å². The maximum atomic E-state index is 6.13. The monoisotopic (exact) mass is 297 g/mol. The standard InChI is InChI=1S/C7H23NO4Si4/c1-8-16(7)11-14(3,4)9-13(2)10-15(5,6)12-16/h8,13H,1-7H3. The van der Waals surface area contributed by atoms with Gasteiger partial charge in [0, 0.05) is 0 Å². The van der Waals surface area contributed by atoms with Crippen molar-refractivity contribution in [2.24, 2.45) is 0 Å². The summed E-state index contributed by atoms with van der Waals surface area (Å²) < 4.78 is 24.3. The molecule has 0 saturated carbocycles. The van der Waals surface area contributed by atoms with E-state index in [9.17, 15) is 0 Å². The van der Waals surface area contributed by atoms with Crippen LogP contribution < -0.4 is 4.98 Å². The summed E-state index contributed by atoms with van der Waals surface area (Å²) in [6.07, 6.45) is 0. The van der Waals surface area contributed by atoms with Crippen LogP contribution in [0.3, 0.4) is 0 Å². The molecule has 0 aromatic rings. The maximum Gasteiger partial charge on any atom is 0.403 e. The minimum absolute atomic E-state index is 1.62. The molecule has 1 saturated heterocycles. The Bertz CT molecular complexity index is 243. The molecule has 1 aliphatic rings. The molecule has 1 fully saturated rings. The van der Waals surface area contributed by atoms with Gasteiger partial charge in [0.05, 0.1) is 0 Å². The first-order valence-corrected chi connectivity index (χ1v) is 15.6. The van der Waals surface area contributed by atoms with Gasteiger partial charge in [-0.1, -0.05) is 0 Å². The van der Waals surface area contributed by atoms with Crippen molar-refractivity contribution in [2.75, 3.05) is 7.05 Å². The molecule has 96 valence electrons. The molecule has 1 N–H and O–H groups in total. The molecule has 0 radical (unpaired) electrons. The van der Waals surface area contributed by atoms with E-state index in [0.717, 1.165) is 0 Å². The third kappa shape index (κ3) is 4.16. The highest BCUT2D eigenvalue weighted by molar-refractivity contribution is 6.88. The van der Waals surface area contributed by atoms with Gasteiger partial charge in [-0.3, -0.25) is 4.98 Å². The Kier molecular flexibility index (Phi) is 4.36. The van der Waals surface area contributed by atoms with Gasteiger partial charge in [-0.25, -0.2) is 0 Å². The molecular weight excluding hydrogens is 274 g/mol. The molecule has 5 nitrogen and oxygen atoms in total. The molecule has 0 aromatic carbocycles. The summed E-state index contributed by atoms with van der Waals surface area (Å²) in [5.74, 6) is 0. The molecule has 0 aromatic heterocycles. The molecule has 9 heteroatoms. The lowest BCUT2D eigenvalue weighted by atomic mass is 11.6. The summed E-state index contributed by atoms with van der Waals surface area (Å²) in [5.41, 5.74) is 0. The summed E-state index contributed by atoms with van der Waals surface area (Å²) in [6, 6.07) is 0. The van der Waals surface area contributed by atoms with Crippen molar-refractivity contribution >= 4 is 35.1 Å². The SMILES string of the molecule is CN[Si]1(C)O[Si](C)(C)O[SiH](C)O[Si](C)(C)O1. The summed E-state index contributed by atoms with van der Waals surface area (Å²) in [7, 11) is -6.33. The van der Waals surface area contributed by atoms with E-state index in [-0.39, 0.29) is 0 Å². The second kappa shape index (κ2) is 4.74. The van der Waals surface area contributed by atoms with Gasteiger partial charge in [0.15, 0.2) is 0 Å². The number of nitrogens with one attached hydrogen (secondary N) is 1. The quantitative estimate of drug-likeness (QED) is 0.735. The Morgan fingerprint density at radius 1 is 0.875 bits per heavy atom. The highest BCUT2D eigenvalue weighted by Crippen LogP contribution is 2.24. The largest absolute Gasteiger partial charge is 0.418 e. The Morgan fingerprint density at radius 3 is 1.56 bits per heavy atom. The van der Waals surface area contributed by atoms with E-state index in [4.69, 9.17) is 16.5 Å². The molecule has 0 spiro atoms. The molecule has 1 heterocycles. The number of hydrogen-bond donors (Lipinski definition) is 1. The lowest BCUT2D eigenvalue weighted by Crippen LogP contribution is -2.66. The van der Waals surface area contributed by atoms with E-state index in [1.807, 2.05) is 46.3 Å². The first kappa shape index (κ1) is 14.7. The van der Waals surface area contributed by atoms with E-state index in [0.29, 0.717) is 0 Å². The van der Waals surface area contributed by atoms with Crippen LogP contribution in [-0.4, -0.2) is 42.2 Å². The van der Waals surface area contributed by atoms with E-state index in [1.54, 1.807) is 0 Å². The van der Waals surface area contributed by atoms with E-state index in [1.165, 1.54) is 0 Å². The molecule has 0 atom stereocenters. The van der Waals surface area contributed by atoms with Crippen molar-refractivity contribution in [3.8, 4) is 0 Å². The van der Waals surface area contributed by atoms with Crippen molar-refractivity contribution in [2.45, 2.75) is 39.3 Å². The molecule has 0 amide bonds. The van der Waals surface area contributed by atoms with Crippen LogP contribution in [0.2, 0.25) is 39.3 Å². The maximum absolute atomic E-state index is 6.13. The van der Waals surface area contributed by atoms with Crippen LogP contribution >= 0.6 is 0 Å². The third-order valence-corrected chi connectivity index (χ3v) is 17.4. The second-order valence-corrected chi connectivity index (χ2v) is 17.6. The zero-order valence-corrected chi connectivity index (χ0v) is 15.4. The average Bonchev–Trinajstić information content (AvgIpc) is 1.96. The van der Waals surface area contributed by atoms with Gasteiger partial charge in [-0.15, -0.1) is 0 Å². The fourth-order valence-electron chi connectivity index (χ4n) is 1.93. The zero-order valence-electron chi connectivity index (χ0n) is 11.2. The van der Waals surface area contributed by atoms with Crippen molar-refractivity contribution in [3.63, 3.8) is 0 Å². The fourth-order valence-corrected chi connectivity index (χ4v) is 19.1. The van der Waals surface area contributed by atoms with Crippen LogP contribution in [-0.2, 0) is 16.5 Å². The molecule has 0 aliphatic carbocycles. The highest BCUT2D eigenvalue weighted by Gasteiger charge is 2.48. The van der Waals surface area contributed by atoms with Crippen LogP contribution in [0, 0.1) is 0 Å². The molecule has 1 rings (SSSR count). The summed E-state index contributed by atoms with van der Waals surface area (Å²) in [4.78, 5) is 3.19. The lowest BCUT2D eigenvalue weighted by molar-refractivity contribution is 0.241. The van der Waals surface area contributed by atoms with Gasteiger partial charge in [0.25, 0.3) is 0 Å². The topological polar surface area (TPSA) is 49.0 Å². The van der Waals surface area contributed by atoms with Gasteiger partial charge in [0.2, 0.25) is 0 Å². The second-order valence-electron chi connectivity index (χ2n) is 5.00. The van der Waals surface area contributed by atoms with Crippen LogP contribution in [0.15, 0.2) is 0 Å². The average molecular weight is 298 g/mol. The van der Waals surface area contributed by atoms with Crippen LogP contribution in [0.4, 0.5) is 0 Å². The van der Waals surface area contributed by atoms with Crippen LogP contribution in [0.25, 0.3) is 0 Å². The zero-order chi connectivity index (χ0) is 12.6. The smallest absolute Gasteiger partial charge is 0.403 e. The van der Waals surface area contributed by atoms with Gasteiger partial charge < -0.3 is 16.5 Å². The molecule has 0 bridgehead atoms. The van der Waals surface area contributed by atoms with Gasteiger partial charge in [-0.2, -0.15) is 0 Å². The first-order chi connectivity index (χ1) is 7.08. The summed E-state index contributed by atoms with van der Waals surface area (Å²) >= 11 is 0. The Hall–Kier alpha value is 0.668.